The molecule has 0 spiro atoms. The van der Waals surface area contributed by atoms with Crippen molar-refractivity contribution in [2.75, 3.05) is 13.7 Å². The number of rotatable bonds is 7. The first kappa shape index (κ1) is 17.4. The molecule has 2 aromatic carbocycles. The fourth-order valence-electron chi connectivity index (χ4n) is 2.12. The molecule has 0 unspecified atom stereocenters. The number of phenols is 2. The Labute approximate surface area is 140 Å². The molecule has 0 radical (unpaired) electrons. The van der Waals surface area contributed by atoms with E-state index in [0.29, 0.717) is 25.2 Å². The van der Waals surface area contributed by atoms with Gasteiger partial charge in [0.2, 0.25) is 0 Å². The minimum absolute atomic E-state index is 0.104. The van der Waals surface area contributed by atoms with Gasteiger partial charge in [-0.2, -0.15) is 0 Å². The van der Waals surface area contributed by atoms with Crippen molar-refractivity contribution in [1.82, 2.24) is 0 Å². The molecule has 0 aliphatic carbocycles. The Kier molecular flexibility index (Phi) is 6.25. The molecule has 0 bridgehead atoms. The van der Waals surface area contributed by atoms with E-state index in [1.165, 1.54) is 13.2 Å². The first-order chi connectivity index (χ1) is 11.6. The molecule has 0 aromatic heterocycles. The van der Waals surface area contributed by atoms with Gasteiger partial charge in [0.25, 0.3) is 0 Å². The lowest BCUT2D eigenvalue weighted by atomic mass is 10.1. The number of aryl methyl sites for hydroxylation is 1. The van der Waals surface area contributed by atoms with Gasteiger partial charge >= 0.3 is 5.97 Å². The number of esters is 1. The monoisotopic (exact) mass is 328 g/mol. The number of carbonyl (C=O) groups is 1. The van der Waals surface area contributed by atoms with Crippen LogP contribution in [0.3, 0.4) is 0 Å². The summed E-state index contributed by atoms with van der Waals surface area (Å²) in [6.45, 7) is 0.307. The van der Waals surface area contributed by atoms with Gasteiger partial charge in [-0.3, -0.25) is 0 Å². The molecule has 0 aliphatic heterocycles. The van der Waals surface area contributed by atoms with Crippen LogP contribution in [-0.4, -0.2) is 29.9 Å². The number of hydrogen-bond acceptors (Lipinski definition) is 5. The third-order valence-electron chi connectivity index (χ3n) is 3.40. The standard InChI is InChI=1S/C19H20O5/c1-23-18-13-15(6-10-17(18)21)3-2-12-24-19(22)11-7-14-4-8-16(20)9-5-14/h4-11,13,20-21H,2-3,12H2,1H3/b11-7+. The zero-order valence-corrected chi connectivity index (χ0v) is 13.4. The fourth-order valence-corrected chi connectivity index (χ4v) is 2.12. The van der Waals surface area contributed by atoms with Crippen molar-refractivity contribution in [3.63, 3.8) is 0 Å². The Balaban J connectivity index is 1.73. The van der Waals surface area contributed by atoms with Gasteiger partial charge in [0.15, 0.2) is 11.5 Å². The molecule has 2 N–H and O–H groups in total. The molecular formula is C19H20O5. The predicted molar refractivity (Wildman–Crippen MR) is 91.1 cm³/mol. The van der Waals surface area contributed by atoms with Crippen LogP contribution in [0.1, 0.15) is 17.5 Å². The van der Waals surface area contributed by atoms with Crippen molar-refractivity contribution in [2.45, 2.75) is 12.8 Å². The van der Waals surface area contributed by atoms with Gasteiger partial charge in [-0.05, 0) is 54.3 Å². The topological polar surface area (TPSA) is 76.0 Å². The molecule has 126 valence electrons. The summed E-state index contributed by atoms with van der Waals surface area (Å²) >= 11 is 0. The number of phenolic OH excluding ortho intramolecular Hbond substituents is 2. The first-order valence-corrected chi connectivity index (χ1v) is 7.58. The molecule has 0 amide bonds. The van der Waals surface area contributed by atoms with Crippen LogP contribution in [-0.2, 0) is 16.0 Å². The second-order valence-electron chi connectivity index (χ2n) is 5.20. The molecule has 0 heterocycles. The molecule has 0 atom stereocenters. The van der Waals surface area contributed by atoms with Crippen LogP contribution in [0.5, 0.6) is 17.2 Å². The molecule has 0 saturated heterocycles. The van der Waals surface area contributed by atoms with Crippen LogP contribution >= 0.6 is 0 Å². The number of benzene rings is 2. The minimum atomic E-state index is -0.411. The predicted octanol–water partition coefficient (Wildman–Crippen LogP) is 3.30. The molecule has 2 rings (SSSR count). The second kappa shape index (κ2) is 8.62. The van der Waals surface area contributed by atoms with Crippen LogP contribution in [0.15, 0.2) is 48.5 Å². The maximum atomic E-state index is 11.6. The van der Waals surface area contributed by atoms with Crippen molar-refractivity contribution < 1.29 is 24.5 Å². The van der Waals surface area contributed by atoms with Crippen molar-refractivity contribution in [1.29, 1.82) is 0 Å². The van der Waals surface area contributed by atoms with Gasteiger partial charge in [-0.15, -0.1) is 0 Å². The highest BCUT2D eigenvalue weighted by Crippen LogP contribution is 2.26. The normalized spacial score (nSPS) is 10.7. The van der Waals surface area contributed by atoms with Crippen LogP contribution in [0, 0.1) is 0 Å². The van der Waals surface area contributed by atoms with E-state index >= 15 is 0 Å². The van der Waals surface area contributed by atoms with Gasteiger partial charge in [-0.25, -0.2) is 4.79 Å². The number of carbonyl (C=O) groups excluding carboxylic acids is 1. The van der Waals surface area contributed by atoms with Gasteiger partial charge in [0.1, 0.15) is 5.75 Å². The Bertz CT molecular complexity index is 704. The SMILES string of the molecule is COc1cc(CCCOC(=O)/C=C/c2ccc(O)cc2)ccc1O. The zero-order valence-electron chi connectivity index (χ0n) is 13.4. The van der Waals surface area contributed by atoms with Gasteiger partial charge < -0.3 is 19.7 Å². The maximum Gasteiger partial charge on any atom is 0.330 e. The van der Waals surface area contributed by atoms with Crippen LogP contribution in [0.25, 0.3) is 6.08 Å². The van der Waals surface area contributed by atoms with E-state index in [4.69, 9.17) is 9.47 Å². The highest BCUT2D eigenvalue weighted by atomic mass is 16.5. The van der Waals surface area contributed by atoms with Crippen molar-refractivity contribution in [3.8, 4) is 17.2 Å². The van der Waals surface area contributed by atoms with E-state index in [9.17, 15) is 15.0 Å². The largest absolute Gasteiger partial charge is 0.508 e. The van der Waals surface area contributed by atoms with Crippen LogP contribution in [0.4, 0.5) is 0 Å². The highest BCUT2D eigenvalue weighted by Gasteiger charge is 2.03. The third kappa shape index (κ3) is 5.35. The summed E-state index contributed by atoms with van der Waals surface area (Å²) in [6.07, 6.45) is 4.38. The average Bonchev–Trinajstić information content (AvgIpc) is 2.59. The summed E-state index contributed by atoms with van der Waals surface area (Å²) < 4.78 is 10.2. The molecule has 5 nitrogen and oxygen atoms in total. The lowest BCUT2D eigenvalue weighted by molar-refractivity contribution is -0.137. The lowest BCUT2D eigenvalue weighted by Gasteiger charge is -2.07. The highest BCUT2D eigenvalue weighted by molar-refractivity contribution is 5.87. The van der Waals surface area contributed by atoms with Crippen molar-refractivity contribution >= 4 is 12.0 Å². The Morgan fingerprint density at radius 1 is 1.12 bits per heavy atom. The summed E-state index contributed by atoms with van der Waals surface area (Å²) in [4.78, 5) is 11.6. The molecule has 0 fully saturated rings. The van der Waals surface area contributed by atoms with Gasteiger partial charge in [-0.1, -0.05) is 18.2 Å². The summed E-state index contributed by atoms with van der Waals surface area (Å²) in [5, 5.41) is 18.7. The lowest BCUT2D eigenvalue weighted by Crippen LogP contribution is -2.03. The average molecular weight is 328 g/mol. The number of methoxy groups -OCH3 is 1. The fraction of sp³-hybridized carbons (Fsp3) is 0.211. The Hall–Kier alpha value is -2.95. The van der Waals surface area contributed by atoms with E-state index in [1.54, 1.807) is 42.5 Å². The van der Waals surface area contributed by atoms with Crippen LogP contribution in [0.2, 0.25) is 0 Å². The van der Waals surface area contributed by atoms with Crippen molar-refractivity contribution in [3.05, 3.63) is 59.7 Å². The van der Waals surface area contributed by atoms with Crippen LogP contribution < -0.4 is 4.74 Å². The van der Waals surface area contributed by atoms with Gasteiger partial charge in [0.05, 0.1) is 13.7 Å². The quantitative estimate of drug-likeness (QED) is 0.463. The van der Waals surface area contributed by atoms with Crippen molar-refractivity contribution in [2.24, 2.45) is 0 Å². The van der Waals surface area contributed by atoms with E-state index in [-0.39, 0.29) is 11.5 Å². The number of aromatic hydroxyl groups is 2. The number of ether oxygens (including phenoxy) is 2. The third-order valence-corrected chi connectivity index (χ3v) is 3.40. The molecule has 24 heavy (non-hydrogen) atoms. The second-order valence-corrected chi connectivity index (χ2v) is 5.20. The van der Waals surface area contributed by atoms with E-state index in [0.717, 1.165) is 11.1 Å². The summed E-state index contributed by atoms with van der Waals surface area (Å²) in [6, 6.07) is 11.7. The van der Waals surface area contributed by atoms with E-state index < -0.39 is 5.97 Å². The smallest absolute Gasteiger partial charge is 0.330 e. The Morgan fingerprint density at radius 3 is 2.58 bits per heavy atom. The summed E-state index contributed by atoms with van der Waals surface area (Å²) in [7, 11) is 1.50. The molecule has 0 aliphatic rings. The zero-order chi connectivity index (χ0) is 17.4. The van der Waals surface area contributed by atoms with E-state index in [1.807, 2.05) is 6.07 Å². The van der Waals surface area contributed by atoms with Gasteiger partial charge in [0, 0.05) is 6.08 Å². The minimum Gasteiger partial charge on any atom is -0.508 e. The number of hydrogen-bond donors (Lipinski definition) is 2. The molecule has 5 heteroatoms. The van der Waals surface area contributed by atoms with E-state index in [2.05, 4.69) is 0 Å². The summed E-state index contributed by atoms with van der Waals surface area (Å²) in [5.74, 6) is 0.306. The Morgan fingerprint density at radius 2 is 1.88 bits per heavy atom. The first-order valence-electron chi connectivity index (χ1n) is 7.58. The summed E-state index contributed by atoms with van der Waals surface area (Å²) in [5.41, 5.74) is 1.81. The molecular weight excluding hydrogens is 308 g/mol. The maximum absolute atomic E-state index is 11.6. The molecule has 2 aromatic rings. The molecule has 0 saturated carbocycles.